The van der Waals surface area contributed by atoms with Crippen molar-refractivity contribution in [1.82, 2.24) is 0 Å². The quantitative estimate of drug-likeness (QED) is 0.590. The molecule has 1 aromatic carbocycles. The van der Waals surface area contributed by atoms with Crippen molar-refractivity contribution >= 4 is 5.78 Å². The van der Waals surface area contributed by atoms with Gasteiger partial charge in [-0.1, -0.05) is 12.7 Å². The van der Waals surface area contributed by atoms with Gasteiger partial charge in [0.05, 0.1) is 12.2 Å². The molecule has 4 nitrogen and oxygen atoms in total. The molecule has 0 spiro atoms. The molecule has 0 unspecified atom stereocenters. The van der Waals surface area contributed by atoms with Crippen molar-refractivity contribution in [1.29, 1.82) is 0 Å². The van der Waals surface area contributed by atoms with Gasteiger partial charge in [-0.15, -0.1) is 0 Å². The largest absolute Gasteiger partial charge is 0.489 e. The molecule has 1 aliphatic rings. The van der Waals surface area contributed by atoms with Crippen molar-refractivity contribution in [2.45, 2.75) is 32.5 Å². The first-order chi connectivity index (χ1) is 9.70. The van der Waals surface area contributed by atoms with Crippen LogP contribution in [0.4, 0.5) is 0 Å². The second-order valence-electron chi connectivity index (χ2n) is 4.73. The first kappa shape index (κ1) is 14.6. The number of Topliss-reactive ketones (excluding diaryl/α,β-unsaturated/α-hetero) is 1. The lowest BCUT2D eigenvalue weighted by atomic mass is 10.1. The van der Waals surface area contributed by atoms with Gasteiger partial charge in [0, 0.05) is 6.42 Å². The van der Waals surface area contributed by atoms with E-state index in [0.29, 0.717) is 23.7 Å². The molecule has 1 fully saturated rings. The lowest BCUT2D eigenvalue weighted by Gasteiger charge is -2.23. The highest BCUT2D eigenvalue weighted by atomic mass is 16.7. The van der Waals surface area contributed by atoms with E-state index in [4.69, 9.17) is 14.2 Å². The molecule has 1 aromatic rings. The molecule has 1 atom stereocenters. The van der Waals surface area contributed by atoms with E-state index >= 15 is 0 Å². The second-order valence-corrected chi connectivity index (χ2v) is 4.73. The number of ether oxygens (including phenoxy) is 3. The van der Waals surface area contributed by atoms with Crippen LogP contribution in [-0.2, 0) is 4.74 Å². The average Bonchev–Trinajstić information content (AvgIpc) is 2.47. The van der Waals surface area contributed by atoms with Crippen LogP contribution in [0.15, 0.2) is 30.9 Å². The van der Waals surface area contributed by atoms with Crippen molar-refractivity contribution in [3.63, 3.8) is 0 Å². The van der Waals surface area contributed by atoms with Crippen LogP contribution < -0.4 is 9.47 Å². The summed E-state index contributed by atoms with van der Waals surface area (Å²) < 4.78 is 16.7. The molecular weight excluding hydrogens is 256 g/mol. The lowest BCUT2D eigenvalue weighted by molar-refractivity contribution is -0.105. The molecule has 1 saturated heterocycles. The Morgan fingerprint density at radius 1 is 1.50 bits per heavy atom. The molecule has 0 saturated carbocycles. The van der Waals surface area contributed by atoms with Gasteiger partial charge < -0.3 is 14.2 Å². The third kappa shape index (κ3) is 3.84. The summed E-state index contributed by atoms with van der Waals surface area (Å²) >= 11 is 0. The van der Waals surface area contributed by atoms with E-state index in [9.17, 15) is 4.79 Å². The molecule has 0 aliphatic carbocycles. The minimum absolute atomic E-state index is 0.0564. The molecule has 4 heteroatoms. The third-order valence-electron chi connectivity index (χ3n) is 3.09. The third-order valence-corrected chi connectivity index (χ3v) is 3.09. The van der Waals surface area contributed by atoms with Crippen LogP contribution in [-0.4, -0.2) is 25.3 Å². The highest BCUT2D eigenvalue weighted by Crippen LogP contribution is 2.27. The number of carbonyl (C=O) groups is 1. The van der Waals surface area contributed by atoms with Gasteiger partial charge in [-0.05, 0) is 38.0 Å². The van der Waals surface area contributed by atoms with Gasteiger partial charge in [-0.3, -0.25) is 4.79 Å². The fourth-order valence-corrected chi connectivity index (χ4v) is 2.09. The van der Waals surface area contributed by atoms with Crippen LogP contribution >= 0.6 is 0 Å². The Morgan fingerprint density at radius 2 is 2.35 bits per heavy atom. The molecule has 108 valence electrons. The number of hydrogen-bond acceptors (Lipinski definition) is 4. The minimum atomic E-state index is -0.219. The van der Waals surface area contributed by atoms with Gasteiger partial charge in [0.2, 0.25) is 0 Å². The van der Waals surface area contributed by atoms with E-state index in [2.05, 4.69) is 6.58 Å². The van der Waals surface area contributed by atoms with Crippen molar-refractivity contribution in [2.24, 2.45) is 0 Å². The topological polar surface area (TPSA) is 44.8 Å². The predicted molar refractivity (Wildman–Crippen MR) is 76.4 cm³/mol. The molecule has 0 aromatic heterocycles. The van der Waals surface area contributed by atoms with Crippen LogP contribution in [0.3, 0.4) is 0 Å². The normalized spacial score (nSPS) is 18.4. The Hall–Kier alpha value is -1.81. The number of carbonyl (C=O) groups excluding carboxylic acids is 1. The summed E-state index contributed by atoms with van der Waals surface area (Å²) in [5.41, 5.74) is 0.514. The molecular formula is C16H20O4. The molecule has 0 N–H and O–H groups in total. The van der Waals surface area contributed by atoms with E-state index in [0.717, 1.165) is 25.9 Å². The molecule has 2 rings (SSSR count). The molecule has 1 heterocycles. The summed E-state index contributed by atoms with van der Waals surface area (Å²) in [5, 5.41) is 0. The fourth-order valence-electron chi connectivity index (χ4n) is 2.09. The van der Waals surface area contributed by atoms with Crippen LogP contribution in [0, 0.1) is 0 Å². The zero-order chi connectivity index (χ0) is 14.4. The van der Waals surface area contributed by atoms with Crippen LogP contribution in [0.1, 0.15) is 36.5 Å². The van der Waals surface area contributed by atoms with Gasteiger partial charge in [0.25, 0.3) is 0 Å². The molecule has 1 aliphatic heterocycles. The fraction of sp³-hybridized carbons (Fsp3) is 0.438. The Bertz CT molecular complexity index is 475. The zero-order valence-corrected chi connectivity index (χ0v) is 11.8. The van der Waals surface area contributed by atoms with E-state index in [-0.39, 0.29) is 12.1 Å². The van der Waals surface area contributed by atoms with Gasteiger partial charge in [-0.2, -0.15) is 0 Å². The van der Waals surface area contributed by atoms with Crippen molar-refractivity contribution in [3.05, 3.63) is 36.4 Å². The van der Waals surface area contributed by atoms with Crippen molar-refractivity contribution in [2.75, 3.05) is 13.2 Å². The average molecular weight is 276 g/mol. The number of hydrogen-bond donors (Lipinski definition) is 0. The van der Waals surface area contributed by atoms with Crippen LogP contribution in [0.25, 0.3) is 0 Å². The van der Waals surface area contributed by atoms with Gasteiger partial charge in [0.1, 0.15) is 18.1 Å². The summed E-state index contributed by atoms with van der Waals surface area (Å²) in [7, 11) is 0. The SMILES string of the molecule is C=CCOc1ccc(O[C@H]2CCCCO2)cc1C(C)=O. The van der Waals surface area contributed by atoms with Crippen molar-refractivity contribution < 1.29 is 19.0 Å². The lowest BCUT2D eigenvalue weighted by Crippen LogP contribution is -2.25. The summed E-state index contributed by atoms with van der Waals surface area (Å²) in [6.07, 6.45) is 4.48. The molecule has 20 heavy (non-hydrogen) atoms. The Balaban J connectivity index is 2.11. The number of ketones is 1. The maximum atomic E-state index is 11.7. The monoisotopic (exact) mass is 276 g/mol. The number of benzene rings is 1. The second kappa shape index (κ2) is 7.10. The van der Waals surface area contributed by atoms with E-state index in [1.54, 1.807) is 24.3 Å². The molecule has 0 bridgehead atoms. The Morgan fingerprint density at radius 3 is 3.00 bits per heavy atom. The predicted octanol–water partition coefficient (Wildman–Crippen LogP) is 3.36. The van der Waals surface area contributed by atoms with E-state index < -0.39 is 0 Å². The molecule has 0 amide bonds. The maximum absolute atomic E-state index is 11.7. The summed E-state index contributed by atoms with van der Waals surface area (Å²) in [6, 6.07) is 5.25. The smallest absolute Gasteiger partial charge is 0.199 e. The summed E-state index contributed by atoms with van der Waals surface area (Å²) in [6.45, 7) is 6.20. The van der Waals surface area contributed by atoms with Gasteiger partial charge >= 0.3 is 0 Å². The maximum Gasteiger partial charge on any atom is 0.199 e. The van der Waals surface area contributed by atoms with Gasteiger partial charge in [-0.25, -0.2) is 0 Å². The standard InChI is InChI=1S/C16H20O4/c1-3-9-18-15-8-7-13(11-14(15)12(2)17)20-16-6-4-5-10-19-16/h3,7-8,11,16H,1,4-6,9-10H2,2H3/t16-/m0/s1. The van der Waals surface area contributed by atoms with E-state index in [1.807, 2.05) is 0 Å². The first-order valence-electron chi connectivity index (χ1n) is 6.87. The van der Waals surface area contributed by atoms with Crippen LogP contribution in [0.5, 0.6) is 11.5 Å². The van der Waals surface area contributed by atoms with Crippen LogP contribution in [0.2, 0.25) is 0 Å². The van der Waals surface area contributed by atoms with Gasteiger partial charge in [0.15, 0.2) is 12.1 Å². The number of rotatable bonds is 6. The summed E-state index contributed by atoms with van der Waals surface area (Å²) in [5.74, 6) is 1.13. The minimum Gasteiger partial charge on any atom is -0.489 e. The van der Waals surface area contributed by atoms with Crippen molar-refractivity contribution in [3.8, 4) is 11.5 Å². The van der Waals surface area contributed by atoms with E-state index in [1.165, 1.54) is 6.92 Å². The highest BCUT2D eigenvalue weighted by Gasteiger charge is 2.17. The first-order valence-corrected chi connectivity index (χ1v) is 6.87. The zero-order valence-electron chi connectivity index (χ0n) is 11.8. The Labute approximate surface area is 119 Å². The Kier molecular flexibility index (Phi) is 5.18. The summed E-state index contributed by atoms with van der Waals surface area (Å²) in [4.78, 5) is 11.7. The molecule has 0 radical (unpaired) electrons. The highest BCUT2D eigenvalue weighted by molar-refractivity contribution is 5.97.